The molecule has 3 aromatic rings. The van der Waals surface area contributed by atoms with Crippen LogP contribution >= 0.6 is 0 Å². The van der Waals surface area contributed by atoms with Crippen LogP contribution in [-0.4, -0.2) is 27.1 Å². The topological polar surface area (TPSA) is 63.2 Å². The summed E-state index contributed by atoms with van der Waals surface area (Å²) in [6.45, 7) is 0.594. The second kappa shape index (κ2) is 7.10. The fraction of sp³-hybridized carbons (Fsp3) is 0.240. The number of sulfone groups is 1. The molecule has 6 rings (SSSR count). The van der Waals surface area contributed by atoms with Crippen molar-refractivity contribution in [1.29, 1.82) is 0 Å². The van der Waals surface area contributed by atoms with E-state index in [9.17, 15) is 13.2 Å². The Bertz CT molecular complexity index is 1180. The molecule has 3 aliphatic carbocycles. The standard InChI is InChI=1S/C25H23NO3S/c1-30(28,29)18-12-10-16(11-13-18)25(27)26-15-17-14-23-19-6-2-4-8-21(19)24(17)22-9-5-3-7-20(22)23/h2-13,17,23-24H,14-15H2,1H3,(H,26,27)/t17-,23?,24?/m0/s1. The van der Waals surface area contributed by atoms with E-state index in [0.29, 0.717) is 23.9 Å². The third-order valence-electron chi connectivity index (χ3n) is 6.49. The number of carbonyl (C=O) groups excluding carboxylic acids is 1. The van der Waals surface area contributed by atoms with Gasteiger partial charge in [0, 0.05) is 30.2 Å². The lowest BCUT2D eigenvalue weighted by Gasteiger charge is -2.45. The maximum atomic E-state index is 12.7. The first kappa shape index (κ1) is 19.1. The van der Waals surface area contributed by atoms with Crippen LogP contribution in [0.2, 0.25) is 0 Å². The number of benzene rings is 3. The second-order valence-electron chi connectivity index (χ2n) is 8.29. The molecule has 0 fully saturated rings. The van der Waals surface area contributed by atoms with Gasteiger partial charge in [0.1, 0.15) is 0 Å². The Hall–Kier alpha value is -2.92. The van der Waals surface area contributed by atoms with E-state index in [4.69, 9.17) is 0 Å². The summed E-state index contributed by atoms with van der Waals surface area (Å²) >= 11 is 0. The van der Waals surface area contributed by atoms with Gasteiger partial charge >= 0.3 is 0 Å². The first-order valence-corrected chi connectivity index (χ1v) is 12.1. The molecule has 152 valence electrons. The Kier molecular flexibility index (Phi) is 4.51. The number of fused-ring (bicyclic) bond motifs is 1. The summed E-state index contributed by atoms with van der Waals surface area (Å²) in [5.41, 5.74) is 6.07. The minimum Gasteiger partial charge on any atom is -0.352 e. The van der Waals surface area contributed by atoms with E-state index in [1.165, 1.54) is 34.4 Å². The summed E-state index contributed by atoms with van der Waals surface area (Å²) in [5, 5.41) is 3.08. The van der Waals surface area contributed by atoms with Gasteiger partial charge in [-0.15, -0.1) is 0 Å². The molecule has 4 nitrogen and oxygen atoms in total. The minimum absolute atomic E-state index is 0.168. The van der Waals surface area contributed by atoms with E-state index in [-0.39, 0.29) is 16.7 Å². The van der Waals surface area contributed by atoms with Gasteiger partial charge in [0.25, 0.3) is 5.91 Å². The molecule has 30 heavy (non-hydrogen) atoms. The summed E-state index contributed by atoms with van der Waals surface area (Å²) in [7, 11) is -3.27. The maximum Gasteiger partial charge on any atom is 0.251 e. The fourth-order valence-corrected chi connectivity index (χ4v) is 5.77. The quantitative estimate of drug-likeness (QED) is 0.695. The summed E-state index contributed by atoms with van der Waals surface area (Å²) in [5.74, 6) is 0.825. The highest BCUT2D eigenvalue weighted by Gasteiger charge is 2.42. The summed E-state index contributed by atoms with van der Waals surface area (Å²) < 4.78 is 23.2. The highest BCUT2D eigenvalue weighted by Crippen LogP contribution is 2.55. The van der Waals surface area contributed by atoms with Crippen LogP contribution in [-0.2, 0) is 9.84 Å². The lowest BCUT2D eigenvalue weighted by molar-refractivity contribution is 0.0943. The van der Waals surface area contributed by atoms with Gasteiger partial charge < -0.3 is 5.32 Å². The minimum atomic E-state index is -3.27. The molecule has 0 saturated heterocycles. The lowest BCUT2D eigenvalue weighted by atomic mass is 9.59. The van der Waals surface area contributed by atoms with Crippen LogP contribution in [0.25, 0.3) is 0 Å². The molecule has 1 amide bonds. The molecular weight excluding hydrogens is 394 g/mol. The zero-order chi connectivity index (χ0) is 20.9. The Morgan fingerprint density at radius 2 is 1.40 bits per heavy atom. The second-order valence-corrected chi connectivity index (χ2v) is 10.3. The van der Waals surface area contributed by atoms with Crippen LogP contribution in [0.5, 0.6) is 0 Å². The Labute approximate surface area is 176 Å². The van der Waals surface area contributed by atoms with Crippen molar-refractivity contribution in [1.82, 2.24) is 5.32 Å². The zero-order valence-corrected chi connectivity index (χ0v) is 17.5. The van der Waals surface area contributed by atoms with Crippen molar-refractivity contribution in [3.05, 3.63) is 101 Å². The molecule has 2 bridgehead atoms. The summed E-state index contributed by atoms with van der Waals surface area (Å²) in [4.78, 5) is 12.9. The molecule has 0 unspecified atom stereocenters. The highest BCUT2D eigenvalue weighted by molar-refractivity contribution is 7.90. The van der Waals surface area contributed by atoms with E-state index in [1.807, 2.05) is 0 Å². The van der Waals surface area contributed by atoms with Crippen LogP contribution in [0.3, 0.4) is 0 Å². The lowest BCUT2D eigenvalue weighted by Crippen LogP contribution is -2.39. The van der Waals surface area contributed by atoms with Gasteiger partial charge in [-0.3, -0.25) is 4.79 Å². The van der Waals surface area contributed by atoms with Crippen LogP contribution in [0.4, 0.5) is 0 Å². The first-order valence-electron chi connectivity index (χ1n) is 10.2. The molecule has 1 N–H and O–H groups in total. The third kappa shape index (κ3) is 3.14. The fourth-order valence-electron chi connectivity index (χ4n) is 5.14. The van der Waals surface area contributed by atoms with E-state index >= 15 is 0 Å². The van der Waals surface area contributed by atoms with Gasteiger partial charge in [-0.1, -0.05) is 48.5 Å². The molecule has 0 radical (unpaired) electrons. The van der Waals surface area contributed by atoms with Gasteiger partial charge in [0.15, 0.2) is 9.84 Å². The van der Waals surface area contributed by atoms with E-state index in [2.05, 4.69) is 53.8 Å². The normalized spacial score (nSPS) is 21.6. The van der Waals surface area contributed by atoms with Crippen molar-refractivity contribution in [3.8, 4) is 0 Å². The van der Waals surface area contributed by atoms with Gasteiger partial charge in [-0.25, -0.2) is 8.42 Å². The average Bonchev–Trinajstić information content (AvgIpc) is 2.77. The predicted octanol–water partition coefficient (Wildman–Crippen LogP) is 4.12. The molecule has 0 aromatic heterocycles. The maximum absolute atomic E-state index is 12.7. The van der Waals surface area contributed by atoms with Gasteiger partial charge in [-0.05, 0) is 58.9 Å². The van der Waals surface area contributed by atoms with Gasteiger partial charge in [0.2, 0.25) is 0 Å². The molecule has 5 heteroatoms. The molecule has 1 atom stereocenters. The number of amides is 1. The van der Waals surface area contributed by atoms with E-state index < -0.39 is 9.84 Å². The monoisotopic (exact) mass is 417 g/mol. The molecule has 3 aliphatic rings. The van der Waals surface area contributed by atoms with Gasteiger partial charge in [0.05, 0.1) is 4.90 Å². The SMILES string of the molecule is CS(=O)(=O)c1ccc(C(=O)NC[C@@H]2CC3c4ccccc4C2c2ccccc23)cc1. The Morgan fingerprint density at radius 1 is 0.867 bits per heavy atom. The smallest absolute Gasteiger partial charge is 0.251 e. The Balaban J connectivity index is 1.37. The summed E-state index contributed by atoms with van der Waals surface area (Å²) in [6, 6.07) is 23.5. The van der Waals surface area contributed by atoms with Crippen molar-refractivity contribution in [2.24, 2.45) is 5.92 Å². The molecular formula is C25H23NO3S. The van der Waals surface area contributed by atoms with Crippen LogP contribution in [0.1, 0.15) is 50.9 Å². The largest absolute Gasteiger partial charge is 0.352 e. The number of nitrogens with one attached hydrogen (secondary N) is 1. The number of hydrogen-bond acceptors (Lipinski definition) is 3. The molecule has 0 heterocycles. The van der Waals surface area contributed by atoms with Crippen molar-refractivity contribution in [2.45, 2.75) is 23.2 Å². The van der Waals surface area contributed by atoms with E-state index in [0.717, 1.165) is 12.7 Å². The first-order chi connectivity index (χ1) is 14.4. The number of rotatable bonds is 4. The number of carbonyl (C=O) groups is 1. The molecule has 0 spiro atoms. The highest BCUT2D eigenvalue weighted by atomic mass is 32.2. The molecule has 0 saturated carbocycles. The van der Waals surface area contributed by atoms with Crippen molar-refractivity contribution >= 4 is 15.7 Å². The van der Waals surface area contributed by atoms with E-state index in [1.54, 1.807) is 12.1 Å². The van der Waals surface area contributed by atoms with Crippen LogP contribution in [0, 0.1) is 5.92 Å². The summed E-state index contributed by atoms with van der Waals surface area (Å²) in [6.07, 6.45) is 2.18. The van der Waals surface area contributed by atoms with Crippen LogP contribution < -0.4 is 5.32 Å². The zero-order valence-electron chi connectivity index (χ0n) is 16.7. The van der Waals surface area contributed by atoms with Crippen molar-refractivity contribution in [3.63, 3.8) is 0 Å². The van der Waals surface area contributed by atoms with Gasteiger partial charge in [-0.2, -0.15) is 0 Å². The van der Waals surface area contributed by atoms with Crippen LogP contribution in [0.15, 0.2) is 77.7 Å². The molecule has 0 aliphatic heterocycles. The Morgan fingerprint density at radius 3 is 1.93 bits per heavy atom. The number of hydrogen-bond donors (Lipinski definition) is 1. The predicted molar refractivity (Wildman–Crippen MR) is 117 cm³/mol. The van der Waals surface area contributed by atoms with Crippen molar-refractivity contribution in [2.75, 3.05) is 12.8 Å². The average molecular weight is 418 g/mol. The molecule has 3 aromatic carbocycles. The van der Waals surface area contributed by atoms with Crippen molar-refractivity contribution < 1.29 is 13.2 Å². The third-order valence-corrected chi connectivity index (χ3v) is 7.62.